The molecule has 0 spiro atoms. The fourth-order valence-corrected chi connectivity index (χ4v) is 12.0. The van der Waals surface area contributed by atoms with Crippen LogP contribution in [0.1, 0.15) is 91.0 Å². The van der Waals surface area contributed by atoms with E-state index >= 15 is 0 Å². The first-order valence-electron chi connectivity index (χ1n) is 16.3. The van der Waals surface area contributed by atoms with Gasteiger partial charge in [0.25, 0.3) is 12.9 Å². The van der Waals surface area contributed by atoms with Gasteiger partial charge >= 0.3 is 0 Å². The van der Waals surface area contributed by atoms with Crippen LogP contribution in [-0.2, 0) is 34.8 Å². The van der Waals surface area contributed by atoms with E-state index in [1.54, 1.807) is 0 Å². The molecule has 11 atom stereocenters. The molecule has 1 aromatic rings. The summed E-state index contributed by atoms with van der Waals surface area (Å²) in [5, 5.41) is 0. The molecule has 4 aliphatic rings. The number of carbonyl (C=O) groups excluding carboxylic acids is 2. The molecule has 0 saturated heterocycles. The van der Waals surface area contributed by atoms with Crippen molar-refractivity contribution in [1.29, 1.82) is 0 Å². The predicted molar refractivity (Wildman–Crippen MR) is 162 cm³/mol. The van der Waals surface area contributed by atoms with Gasteiger partial charge in [-0.05, 0) is 110 Å². The summed E-state index contributed by atoms with van der Waals surface area (Å²) >= 11 is 0. The van der Waals surface area contributed by atoms with E-state index in [4.69, 9.17) is 9.47 Å². The van der Waals surface area contributed by atoms with Gasteiger partial charge in [0.2, 0.25) is 10.0 Å². The molecule has 8 heteroatoms. The minimum atomic E-state index is -3.38. The summed E-state index contributed by atoms with van der Waals surface area (Å²) in [6, 6.07) is 9.33. The first-order valence-corrected chi connectivity index (χ1v) is 17.9. The van der Waals surface area contributed by atoms with Gasteiger partial charge in [-0.1, -0.05) is 58.0 Å². The first-order chi connectivity index (χ1) is 20.1. The van der Waals surface area contributed by atoms with Gasteiger partial charge in [-0.15, -0.1) is 0 Å². The Morgan fingerprint density at radius 2 is 1.64 bits per heavy atom. The molecule has 1 N–H and O–H groups in total. The van der Waals surface area contributed by atoms with Gasteiger partial charge in [-0.25, -0.2) is 13.1 Å². The lowest BCUT2D eigenvalue weighted by molar-refractivity contribution is -0.213. The highest BCUT2D eigenvalue weighted by Crippen LogP contribution is 2.70. The fourth-order valence-electron chi connectivity index (χ4n) is 10.8. The van der Waals surface area contributed by atoms with Crippen LogP contribution in [-0.4, -0.2) is 40.1 Å². The van der Waals surface area contributed by atoms with Gasteiger partial charge in [-0.2, -0.15) is 0 Å². The van der Waals surface area contributed by atoms with Crippen molar-refractivity contribution in [3.63, 3.8) is 0 Å². The van der Waals surface area contributed by atoms with Crippen LogP contribution < -0.4 is 4.72 Å². The Bertz CT molecular complexity index is 1190. The van der Waals surface area contributed by atoms with Crippen LogP contribution >= 0.6 is 0 Å². The monoisotopic (exact) mass is 601 g/mol. The van der Waals surface area contributed by atoms with E-state index in [1.807, 2.05) is 30.3 Å². The first kappa shape index (κ1) is 31.5. The smallest absolute Gasteiger partial charge is 0.293 e. The Morgan fingerprint density at radius 1 is 0.952 bits per heavy atom. The van der Waals surface area contributed by atoms with Gasteiger partial charge in [0.1, 0.15) is 12.2 Å². The molecule has 0 aromatic heterocycles. The minimum Gasteiger partial charge on any atom is -0.465 e. The topological polar surface area (TPSA) is 98.8 Å². The Morgan fingerprint density at radius 3 is 2.33 bits per heavy atom. The van der Waals surface area contributed by atoms with E-state index < -0.39 is 10.0 Å². The molecule has 0 radical (unpaired) electrons. The summed E-state index contributed by atoms with van der Waals surface area (Å²) in [5.41, 5.74) is 1.10. The van der Waals surface area contributed by atoms with Crippen LogP contribution in [0.2, 0.25) is 0 Å². The quantitative estimate of drug-likeness (QED) is 0.290. The van der Waals surface area contributed by atoms with E-state index in [2.05, 4.69) is 32.4 Å². The number of ether oxygens (including phenoxy) is 2. The summed E-state index contributed by atoms with van der Waals surface area (Å²) < 4.78 is 39.9. The maximum atomic E-state index is 12.7. The fraction of sp³-hybridized carbons (Fsp3) is 0.765. The van der Waals surface area contributed by atoms with Gasteiger partial charge in [-0.3, -0.25) is 9.59 Å². The van der Waals surface area contributed by atoms with E-state index in [9.17, 15) is 18.0 Å². The summed E-state index contributed by atoms with van der Waals surface area (Å²) in [7, 11) is -3.38. The number of benzene rings is 1. The zero-order valence-electron chi connectivity index (χ0n) is 25.9. The lowest BCUT2D eigenvalue weighted by atomic mass is 9.41. The SMILES string of the molecule is CC[C@H]1[C@@H](OC=O)[C@@H]2[C@H](CC[C@]3(C)C([C@H](C)CCNS(=O)(=O)Cc4ccccc4)CC[C@@H]23)[C@@]2(C)CC[C@@H](OC=O)C[C@@H]12. The van der Waals surface area contributed by atoms with E-state index in [0.29, 0.717) is 55.0 Å². The summed E-state index contributed by atoms with van der Waals surface area (Å²) in [4.78, 5) is 23.1. The standard InChI is InChI=1S/C34H51NO6S/c1-5-26-30-19-25(40-21-36)13-16-34(30,4)29-14-17-33(3)27(11-12-28(33)31(29)32(26)41-22-37)23(2)15-18-35-42(38,39)20-24-9-7-6-8-10-24/h6-10,21-23,25-32,35H,5,11-20H2,1-4H3/t23-,25-,26-,27?,28+,29+,30+,31+,32-,33-,34-/m1/s1. The molecule has 7 nitrogen and oxygen atoms in total. The van der Waals surface area contributed by atoms with E-state index in [-0.39, 0.29) is 34.7 Å². The number of sulfonamides is 1. The molecule has 0 amide bonds. The summed E-state index contributed by atoms with van der Waals surface area (Å²) in [5.74, 6) is 2.86. The van der Waals surface area contributed by atoms with Crippen molar-refractivity contribution in [3.8, 4) is 0 Å². The molecule has 4 saturated carbocycles. The molecule has 1 aromatic carbocycles. The molecular formula is C34H51NO6S. The van der Waals surface area contributed by atoms with Crippen molar-refractivity contribution in [2.24, 2.45) is 52.3 Å². The molecule has 234 valence electrons. The molecule has 0 bridgehead atoms. The van der Waals surface area contributed by atoms with Gasteiger partial charge in [0.05, 0.1) is 5.75 Å². The molecule has 4 fully saturated rings. The number of hydrogen-bond donors (Lipinski definition) is 1. The van der Waals surface area contributed by atoms with Crippen LogP contribution in [0.4, 0.5) is 0 Å². The Kier molecular flexibility index (Phi) is 9.44. The second-order valence-corrected chi connectivity index (χ2v) is 16.2. The zero-order valence-corrected chi connectivity index (χ0v) is 26.7. The highest BCUT2D eigenvalue weighted by Gasteiger charge is 2.66. The maximum Gasteiger partial charge on any atom is 0.293 e. The van der Waals surface area contributed by atoms with Crippen LogP contribution in [0, 0.1) is 52.3 Å². The molecule has 0 heterocycles. The van der Waals surface area contributed by atoms with Gasteiger partial charge in [0.15, 0.2) is 0 Å². The second kappa shape index (κ2) is 12.6. The Labute approximate surface area is 252 Å². The molecule has 4 aliphatic carbocycles. The van der Waals surface area contributed by atoms with Crippen LogP contribution in [0.3, 0.4) is 0 Å². The zero-order chi connectivity index (χ0) is 30.1. The van der Waals surface area contributed by atoms with E-state index in [1.165, 1.54) is 0 Å². The number of carbonyl (C=O) groups is 2. The van der Waals surface area contributed by atoms with Crippen LogP contribution in [0.25, 0.3) is 0 Å². The molecule has 42 heavy (non-hydrogen) atoms. The van der Waals surface area contributed by atoms with Crippen molar-refractivity contribution in [2.75, 3.05) is 6.54 Å². The number of rotatable bonds is 12. The van der Waals surface area contributed by atoms with Crippen molar-refractivity contribution in [1.82, 2.24) is 4.72 Å². The number of nitrogens with one attached hydrogen (secondary N) is 1. The van der Waals surface area contributed by atoms with Crippen LogP contribution in [0.15, 0.2) is 30.3 Å². The van der Waals surface area contributed by atoms with Crippen molar-refractivity contribution < 1.29 is 27.5 Å². The van der Waals surface area contributed by atoms with Gasteiger partial charge < -0.3 is 9.47 Å². The predicted octanol–water partition coefficient (Wildman–Crippen LogP) is 6.12. The number of fused-ring (bicyclic) bond motifs is 5. The van der Waals surface area contributed by atoms with Gasteiger partial charge in [0, 0.05) is 12.5 Å². The van der Waals surface area contributed by atoms with Crippen molar-refractivity contribution in [2.45, 2.75) is 103 Å². The Hall–Kier alpha value is -1.93. The van der Waals surface area contributed by atoms with Crippen molar-refractivity contribution in [3.05, 3.63) is 35.9 Å². The third-order valence-electron chi connectivity index (χ3n) is 12.7. The lowest BCUT2D eigenvalue weighted by Crippen LogP contribution is -2.62. The summed E-state index contributed by atoms with van der Waals surface area (Å²) in [6.07, 6.45) is 9.01. The third-order valence-corrected chi connectivity index (χ3v) is 14.0. The lowest BCUT2D eigenvalue weighted by Gasteiger charge is -2.65. The molecule has 1 unspecified atom stereocenters. The Balaban J connectivity index is 1.30. The van der Waals surface area contributed by atoms with Crippen LogP contribution in [0.5, 0.6) is 0 Å². The average molecular weight is 602 g/mol. The van der Waals surface area contributed by atoms with E-state index in [0.717, 1.165) is 63.4 Å². The summed E-state index contributed by atoms with van der Waals surface area (Å²) in [6.45, 7) is 11.2. The molecular weight excluding hydrogens is 550 g/mol. The molecule has 5 rings (SSSR count). The number of hydrogen-bond acceptors (Lipinski definition) is 6. The van der Waals surface area contributed by atoms with Crippen molar-refractivity contribution >= 4 is 23.0 Å². The minimum absolute atomic E-state index is 0.00695. The largest absolute Gasteiger partial charge is 0.465 e. The average Bonchev–Trinajstić information content (AvgIpc) is 3.31. The highest BCUT2D eigenvalue weighted by atomic mass is 32.2. The maximum absolute atomic E-state index is 12.7. The normalized spacial score (nSPS) is 40.2. The second-order valence-electron chi connectivity index (χ2n) is 14.4. The highest BCUT2D eigenvalue weighted by molar-refractivity contribution is 7.88. The molecule has 0 aliphatic heterocycles. The third kappa shape index (κ3) is 5.79.